The molecule has 2 aliphatic rings. The minimum absolute atomic E-state index is 0.0354. The van der Waals surface area contributed by atoms with Crippen LogP contribution >= 0.6 is 0 Å². The van der Waals surface area contributed by atoms with Crippen LogP contribution in [0.25, 0.3) is 10.9 Å². The second-order valence-electron chi connectivity index (χ2n) is 9.18. The van der Waals surface area contributed by atoms with Crippen LogP contribution < -0.4 is 20.9 Å². The summed E-state index contributed by atoms with van der Waals surface area (Å²) in [6, 6.07) is 16.6. The van der Waals surface area contributed by atoms with Gasteiger partial charge in [0.1, 0.15) is 12.4 Å². The van der Waals surface area contributed by atoms with Crippen LogP contribution in [-0.4, -0.2) is 23.7 Å². The van der Waals surface area contributed by atoms with Crippen molar-refractivity contribution in [3.63, 3.8) is 0 Å². The highest BCUT2D eigenvalue weighted by molar-refractivity contribution is 5.92. The van der Waals surface area contributed by atoms with E-state index in [1.54, 1.807) is 6.07 Å². The lowest BCUT2D eigenvalue weighted by Crippen LogP contribution is -2.30. The Hall–Kier alpha value is -2.79. The molecule has 2 N–H and O–H groups in total. The third-order valence-corrected chi connectivity index (χ3v) is 6.86. The fraction of sp³-hybridized carbons (Fsp3) is 0.423. The van der Waals surface area contributed by atoms with Crippen molar-refractivity contribution in [3.8, 4) is 5.75 Å². The molecular formula is C26H31N3O2. The van der Waals surface area contributed by atoms with Crippen molar-refractivity contribution in [1.82, 2.24) is 4.57 Å². The zero-order valence-corrected chi connectivity index (χ0v) is 18.4. The van der Waals surface area contributed by atoms with Crippen LogP contribution in [0.2, 0.25) is 0 Å². The van der Waals surface area contributed by atoms with Crippen molar-refractivity contribution < 1.29 is 4.74 Å². The maximum Gasteiger partial charge on any atom is 0.255 e. The van der Waals surface area contributed by atoms with Crippen molar-refractivity contribution in [1.29, 1.82) is 0 Å². The zero-order chi connectivity index (χ0) is 21.5. The number of rotatable bonds is 6. The molecule has 2 fully saturated rings. The van der Waals surface area contributed by atoms with Gasteiger partial charge in [-0.1, -0.05) is 30.3 Å². The Bertz CT molecular complexity index is 1150. The number of benzene rings is 2. The molecule has 5 heteroatoms. The van der Waals surface area contributed by atoms with E-state index in [0.29, 0.717) is 24.3 Å². The van der Waals surface area contributed by atoms with E-state index in [-0.39, 0.29) is 11.6 Å². The monoisotopic (exact) mass is 417 g/mol. The summed E-state index contributed by atoms with van der Waals surface area (Å²) >= 11 is 0. The molecule has 162 valence electrons. The van der Waals surface area contributed by atoms with Gasteiger partial charge in [0.15, 0.2) is 0 Å². The van der Waals surface area contributed by atoms with Crippen molar-refractivity contribution >= 4 is 16.6 Å². The molecule has 0 amide bonds. The number of nitrogens with two attached hydrogens (primary N) is 1. The van der Waals surface area contributed by atoms with Gasteiger partial charge in [-0.2, -0.15) is 0 Å². The number of ether oxygens (including phenoxy) is 1. The summed E-state index contributed by atoms with van der Waals surface area (Å²) in [5.41, 5.74) is 10.7. The van der Waals surface area contributed by atoms with Crippen LogP contribution in [0.1, 0.15) is 43.4 Å². The molecule has 31 heavy (non-hydrogen) atoms. The molecule has 1 saturated carbocycles. The lowest BCUT2D eigenvalue weighted by atomic mass is 10.0. The van der Waals surface area contributed by atoms with E-state index in [9.17, 15) is 4.79 Å². The Morgan fingerprint density at radius 1 is 1.13 bits per heavy atom. The SMILES string of the molecule is Cc1c(N2CC[C@@H]([C@H](C)N)C2)ccc2c(OCc3ccccc3)cc(=O)n(C3CC3)c12. The summed E-state index contributed by atoms with van der Waals surface area (Å²) in [7, 11) is 0. The molecule has 1 saturated heterocycles. The molecule has 5 rings (SSSR count). The molecule has 0 bridgehead atoms. The first-order chi connectivity index (χ1) is 15.0. The van der Waals surface area contributed by atoms with Crippen LogP contribution in [0, 0.1) is 12.8 Å². The van der Waals surface area contributed by atoms with Gasteiger partial charge in [0.05, 0.1) is 5.52 Å². The van der Waals surface area contributed by atoms with Gasteiger partial charge < -0.3 is 19.9 Å². The van der Waals surface area contributed by atoms with Crippen LogP contribution in [0.5, 0.6) is 5.75 Å². The van der Waals surface area contributed by atoms with E-state index in [0.717, 1.165) is 54.4 Å². The molecule has 0 radical (unpaired) electrons. The van der Waals surface area contributed by atoms with Crippen LogP contribution in [0.15, 0.2) is 53.3 Å². The molecule has 2 heterocycles. The lowest BCUT2D eigenvalue weighted by molar-refractivity contribution is 0.309. The highest BCUT2D eigenvalue weighted by Gasteiger charge is 2.30. The van der Waals surface area contributed by atoms with Gasteiger partial charge in [-0.25, -0.2) is 0 Å². The third kappa shape index (κ3) is 3.83. The van der Waals surface area contributed by atoms with Crippen LogP contribution in [-0.2, 0) is 6.61 Å². The predicted octanol–water partition coefficient (Wildman–Crippen LogP) is 4.40. The van der Waals surface area contributed by atoms with E-state index in [4.69, 9.17) is 10.5 Å². The molecule has 1 aliphatic heterocycles. The molecule has 0 spiro atoms. The summed E-state index contributed by atoms with van der Waals surface area (Å²) < 4.78 is 8.17. The maximum absolute atomic E-state index is 13.1. The minimum Gasteiger partial charge on any atom is -0.488 e. The molecular weight excluding hydrogens is 386 g/mol. The number of nitrogens with zero attached hydrogens (tertiary/aromatic N) is 2. The van der Waals surface area contributed by atoms with Gasteiger partial charge >= 0.3 is 0 Å². The first-order valence-corrected chi connectivity index (χ1v) is 11.4. The fourth-order valence-corrected chi connectivity index (χ4v) is 4.90. The van der Waals surface area contributed by atoms with Crippen molar-refractivity contribution in [3.05, 3.63) is 70.0 Å². The highest BCUT2D eigenvalue weighted by Crippen LogP contribution is 2.41. The van der Waals surface area contributed by atoms with Gasteiger partial charge in [0.2, 0.25) is 0 Å². The highest BCUT2D eigenvalue weighted by atomic mass is 16.5. The third-order valence-electron chi connectivity index (χ3n) is 6.86. The minimum atomic E-state index is 0.0354. The smallest absolute Gasteiger partial charge is 0.255 e. The summed E-state index contributed by atoms with van der Waals surface area (Å²) in [6.45, 7) is 6.68. The molecule has 1 aliphatic carbocycles. The molecule has 5 nitrogen and oxygen atoms in total. The average molecular weight is 418 g/mol. The Morgan fingerprint density at radius 2 is 1.90 bits per heavy atom. The van der Waals surface area contributed by atoms with Gasteiger partial charge in [-0.05, 0) is 62.3 Å². The number of aromatic nitrogens is 1. The summed E-state index contributed by atoms with van der Waals surface area (Å²) in [5.74, 6) is 1.19. The van der Waals surface area contributed by atoms with Gasteiger partial charge in [0, 0.05) is 42.3 Å². The van der Waals surface area contributed by atoms with E-state index < -0.39 is 0 Å². The lowest BCUT2D eigenvalue weighted by Gasteiger charge is -2.24. The van der Waals surface area contributed by atoms with Gasteiger partial charge in [-0.15, -0.1) is 0 Å². The predicted molar refractivity (Wildman–Crippen MR) is 126 cm³/mol. The Balaban J connectivity index is 1.57. The summed E-state index contributed by atoms with van der Waals surface area (Å²) in [4.78, 5) is 15.6. The van der Waals surface area contributed by atoms with E-state index in [1.807, 2.05) is 34.9 Å². The quantitative estimate of drug-likeness (QED) is 0.646. The van der Waals surface area contributed by atoms with Crippen LogP contribution in [0.3, 0.4) is 0 Å². The number of fused-ring (bicyclic) bond motifs is 1. The Labute approximate surface area is 183 Å². The zero-order valence-electron chi connectivity index (χ0n) is 18.4. The van der Waals surface area contributed by atoms with Gasteiger partial charge in [-0.3, -0.25) is 4.79 Å². The van der Waals surface area contributed by atoms with Crippen molar-refractivity contribution in [2.45, 2.75) is 51.8 Å². The first kappa shape index (κ1) is 20.1. The Kier molecular flexibility index (Phi) is 5.22. The number of hydrogen-bond acceptors (Lipinski definition) is 4. The second-order valence-corrected chi connectivity index (χ2v) is 9.18. The largest absolute Gasteiger partial charge is 0.488 e. The topological polar surface area (TPSA) is 60.5 Å². The number of aryl methyl sites for hydroxylation is 1. The van der Waals surface area contributed by atoms with E-state index in [1.165, 1.54) is 5.69 Å². The van der Waals surface area contributed by atoms with E-state index in [2.05, 4.69) is 30.9 Å². The standard InChI is InChI=1S/C26H31N3O2/c1-17-23(28-13-12-20(15-28)18(2)27)11-10-22-24(31-16-19-6-4-3-5-7-19)14-25(30)29(26(17)22)21-8-9-21/h3-7,10-11,14,18,20-21H,8-9,12-13,15-16,27H2,1-2H3/t18-,20+/m0/s1. The summed E-state index contributed by atoms with van der Waals surface area (Å²) in [6.07, 6.45) is 3.25. The second kappa shape index (κ2) is 8.04. The molecule has 3 aromatic rings. The molecule has 0 unspecified atom stereocenters. The Morgan fingerprint density at radius 3 is 2.58 bits per heavy atom. The first-order valence-electron chi connectivity index (χ1n) is 11.4. The number of pyridine rings is 1. The number of anilines is 1. The average Bonchev–Trinajstić information content (AvgIpc) is 3.48. The fourth-order valence-electron chi connectivity index (χ4n) is 4.90. The maximum atomic E-state index is 13.1. The van der Waals surface area contributed by atoms with Crippen LogP contribution in [0.4, 0.5) is 5.69 Å². The number of hydrogen-bond donors (Lipinski definition) is 1. The summed E-state index contributed by atoms with van der Waals surface area (Å²) in [5, 5.41) is 1.02. The molecule has 1 aromatic heterocycles. The molecule has 2 aromatic carbocycles. The van der Waals surface area contributed by atoms with Crippen molar-refractivity contribution in [2.75, 3.05) is 18.0 Å². The molecule has 2 atom stereocenters. The van der Waals surface area contributed by atoms with E-state index >= 15 is 0 Å². The normalized spacial score (nSPS) is 19.7. The van der Waals surface area contributed by atoms with Crippen molar-refractivity contribution in [2.24, 2.45) is 11.7 Å². The van der Waals surface area contributed by atoms with Gasteiger partial charge in [0.25, 0.3) is 5.56 Å².